The third-order valence-electron chi connectivity index (χ3n) is 3.29. The highest BCUT2D eigenvalue weighted by Crippen LogP contribution is 2.20. The molecule has 1 amide bonds. The summed E-state index contributed by atoms with van der Waals surface area (Å²) < 4.78 is 5.12. The van der Waals surface area contributed by atoms with Gasteiger partial charge in [-0.1, -0.05) is 35.3 Å². The molecule has 0 fully saturated rings. The maximum Gasteiger partial charge on any atom is 0.339 e. The number of Topliss-reactive ketones (excluding diaryl/α,β-unsaturated/α-hetero) is 1. The van der Waals surface area contributed by atoms with Crippen molar-refractivity contribution in [2.75, 3.05) is 5.32 Å². The van der Waals surface area contributed by atoms with Crippen LogP contribution in [0.5, 0.6) is 0 Å². The lowest BCUT2D eigenvalue weighted by molar-refractivity contribution is -0.123. The molecule has 2 aromatic rings. The molecular formula is C18H15Cl2NO4. The van der Waals surface area contributed by atoms with Gasteiger partial charge in [0.2, 0.25) is 0 Å². The van der Waals surface area contributed by atoms with Crippen molar-refractivity contribution in [1.29, 1.82) is 0 Å². The zero-order valence-electron chi connectivity index (χ0n) is 13.5. The normalized spacial score (nSPS) is 11.5. The molecule has 130 valence electrons. The number of nitrogens with one attached hydrogen (secondary N) is 1. The van der Waals surface area contributed by atoms with Crippen molar-refractivity contribution in [1.82, 2.24) is 0 Å². The summed E-state index contributed by atoms with van der Waals surface area (Å²) >= 11 is 11.7. The third kappa shape index (κ3) is 5.31. The van der Waals surface area contributed by atoms with Crippen molar-refractivity contribution >= 4 is 46.5 Å². The zero-order valence-corrected chi connectivity index (χ0v) is 15.0. The number of esters is 1. The SMILES string of the molecule is CC(=O)c1cccc(NC(=O)[C@H](C)OC(=O)c2cc(Cl)cc(Cl)c2)c1. The quantitative estimate of drug-likeness (QED) is 0.617. The Balaban J connectivity index is 2.03. The van der Waals surface area contributed by atoms with E-state index in [1.54, 1.807) is 24.3 Å². The Morgan fingerprint density at radius 3 is 2.24 bits per heavy atom. The molecule has 7 heteroatoms. The summed E-state index contributed by atoms with van der Waals surface area (Å²) in [5.41, 5.74) is 1.05. The van der Waals surface area contributed by atoms with Crippen LogP contribution in [0.15, 0.2) is 42.5 Å². The van der Waals surface area contributed by atoms with Crippen LogP contribution in [0.25, 0.3) is 0 Å². The van der Waals surface area contributed by atoms with E-state index in [1.807, 2.05) is 0 Å². The van der Waals surface area contributed by atoms with Gasteiger partial charge in [-0.15, -0.1) is 0 Å². The summed E-state index contributed by atoms with van der Waals surface area (Å²) in [5.74, 6) is -1.36. The van der Waals surface area contributed by atoms with Crippen LogP contribution in [0.2, 0.25) is 10.0 Å². The number of hydrogen-bond acceptors (Lipinski definition) is 4. The number of rotatable bonds is 5. The Kier molecular flexibility index (Phi) is 6.17. The van der Waals surface area contributed by atoms with E-state index < -0.39 is 18.0 Å². The van der Waals surface area contributed by atoms with Crippen LogP contribution in [0.3, 0.4) is 0 Å². The zero-order chi connectivity index (χ0) is 18.6. The number of halogens is 2. The van der Waals surface area contributed by atoms with Crippen LogP contribution < -0.4 is 5.32 Å². The van der Waals surface area contributed by atoms with Crippen molar-refractivity contribution in [2.45, 2.75) is 20.0 Å². The fraction of sp³-hybridized carbons (Fsp3) is 0.167. The average molecular weight is 380 g/mol. The van der Waals surface area contributed by atoms with Gasteiger partial charge in [-0.25, -0.2) is 4.79 Å². The van der Waals surface area contributed by atoms with Gasteiger partial charge in [0, 0.05) is 21.3 Å². The van der Waals surface area contributed by atoms with Crippen LogP contribution in [-0.4, -0.2) is 23.8 Å². The summed E-state index contributed by atoms with van der Waals surface area (Å²) in [6.45, 7) is 2.87. The minimum atomic E-state index is -1.05. The molecule has 0 aliphatic rings. The summed E-state index contributed by atoms with van der Waals surface area (Å²) in [6.07, 6.45) is -1.05. The van der Waals surface area contributed by atoms with Gasteiger partial charge in [0.1, 0.15) is 0 Å². The molecule has 0 saturated heterocycles. The maximum absolute atomic E-state index is 12.2. The number of benzene rings is 2. The fourth-order valence-electron chi connectivity index (χ4n) is 2.01. The number of ketones is 1. The van der Waals surface area contributed by atoms with Gasteiger partial charge in [0.05, 0.1) is 5.56 Å². The van der Waals surface area contributed by atoms with Crippen molar-refractivity contribution in [3.05, 3.63) is 63.6 Å². The van der Waals surface area contributed by atoms with Crippen molar-refractivity contribution in [2.24, 2.45) is 0 Å². The third-order valence-corrected chi connectivity index (χ3v) is 3.72. The Hall–Kier alpha value is -2.37. The van der Waals surface area contributed by atoms with E-state index in [0.717, 1.165) is 0 Å². The van der Waals surface area contributed by atoms with E-state index >= 15 is 0 Å². The lowest BCUT2D eigenvalue weighted by Gasteiger charge is -2.14. The van der Waals surface area contributed by atoms with E-state index in [9.17, 15) is 14.4 Å². The molecule has 0 aliphatic heterocycles. The summed E-state index contributed by atoms with van der Waals surface area (Å²) in [5, 5.41) is 3.17. The molecule has 0 aromatic heterocycles. The van der Waals surface area contributed by atoms with Crippen LogP contribution >= 0.6 is 23.2 Å². The van der Waals surface area contributed by atoms with Gasteiger partial charge < -0.3 is 10.1 Å². The fourth-order valence-corrected chi connectivity index (χ4v) is 2.54. The van der Waals surface area contributed by atoms with Gasteiger partial charge in [-0.2, -0.15) is 0 Å². The predicted molar refractivity (Wildman–Crippen MR) is 96.4 cm³/mol. The van der Waals surface area contributed by atoms with E-state index in [2.05, 4.69) is 5.32 Å². The second-order valence-electron chi connectivity index (χ2n) is 5.33. The lowest BCUT2D eigenvalue weighted by Crippen LogP contribution is -2.30. The molecular weight excluding hydrogens is 365 g/mol. The Labute approximate surface area is 154 Å². The van der Waals surface area contributed by atoms with Gasteiger partial charge in [-0.3, -0.25) is 9.59 Å². The highest BCUT2D eigenvalue weighted by atomic mass is 35.5. The number of hydrogen-bond donors (Lipinski definition) is 1. The van der Waals surface area contributed by atoms with Crippen molar-refractivity contribution in [3.8, 4) is 0 Å². The van der Waals surface area contributed by atoms with Gasteiger partial charge in [0.15, 0.2) is 11.9 Å². The standard InChI is InChI=1S/C18H15Cl2NO4/c1-10(22)12-4-3-5-16(8-12)21-17(23)11(2)25-18(24)13-6-14(19)9-15(20)7-13/h3-9,11H,1-2H3,(H,21,23)/t11-/m0/s1. The van der Waals surface area contributed by atoms with Gasteiger partial charge in [0.25, 0.3) is 5.91 Å². The molecule has 0 aliphatic carbocycles. The largest absolute Gasteiger partial charge is 0.449 e. The van der Waals surface area contributed by atoms with Gasteiger partial charge in [-0.05, 0) is 44.2 Å². The smallest absolute Gasteiger partial charge is 0.339 e. The molecule has 25 heavy (non-hydrogen) atoms. The minimum absolute atomic E-state index is 0.117. The van der Waals surface area contributed by atoms with E-state index in [0.29, 0.717) is 11.3 Å². The molecule has 2 rings (SSSR count). The number of carbonyl (C=O) groups is 3. The Morgan fingerprint density at radius 2 is 1.64 bits per heavy atom. The van der Waals surface area contributed by atoms with E-state index in [4.69, 9.17) is 27.9 Å². The molecule has 0 unspecified atom stereocenters. The first-order chi connectivity index (χ1) is 11.8. The van der Waals surface area contributed by atoms with Crippen LogP contribution in [0.4, 0.5) is 5.69 Å². The van der Waals surface area contributed by atoms with E-state index in [-0.39, 0.29) is 21.4 Å². The first kappa shape index (κ1) is 19.0. The molecule has 1 atom stereocenters. The van der Waals surface area contributed by atoms with Crippen molar-refractivity contribution < 1.29 is 19.1 Å². The predicted octanol–water partition coefficient (Wildman–Crippen LogP) is 4.38. The number of amides is 1. The maximum atomic E-state index is 12.2. The average Bonchev–Trinajstić information content (AvgIpc) is 2.54. The summed E-state index contributed by atoms with van der Waals surface area (Å²) in [7, 11) is 0. The second-order valence-corrected chi connectivity index (χ2v) is 6.20. The lowest BCUT2D eigenvalue weighted by atomic mass is 10.1. The summed E-state index contributed by atoms with van der Waals surface area (Å²) in [6, 6.07) is 10.8. The van der Waals surface area contributed by atoms with E-state index in [1.165, 1.54) is 32.0 Å². The molecule has 0 bridgehead atoms. The van der Waals surface area contributed by atoms with Crippen LogP contribution in [-0.2, 0) is 9.53 Å². The second kappa shape index (κ2) is 8.14. The monoisotopic (exact) mass is 379 g/mol. The number of anilines is 1. The topological polar surface area (TPSA) is 72.5 Å². The Bertz CT molecular complexity index is 815. The molecule has 0 radical (unpaired) electrons. The molecule has 5 nitrogen and oxygen atoms in total. The molecule has 2 aromatic carbocycles. The minimum Gasteiger partial charge on any atom is -0.449 e. The summed E-state index contributed by atoms with van der Waals surface area (Å²) in [4.78, 5) is 35.6. The van der Waals surface area contributed by atoms with Crippen molar-refractivity contribution in [3.63, 3.8) is 0 Å². The number of carbonyl (C=O) groups excluding carboxylic acids is 3. The first-order valence-electron chi connectivity index (χ1n) is 7.35. The van der Waals surface area contributed by atoms with Crippen LogP contribution in [0.1, 0.15) is 34.6 Å². The first-order valence-corrected chi connectivity index (χ1v) is 8.11. The van der Waals surface area contributed by atoms with Crippen LogP contribution in [0, 0.1) is 0 Å². The Morgan fingerprint density at radius 1 is 1.00 bits per heavy atom. The highest BCUT2D eigenvalue weighted by Gasteiger charge is 2.20. The molecule has 0 saturated carbocycles. The molecule has 0 heterocycles. The molecule has 1 N–H and O–H groups in total. The van der Waals surface area contributed by atoms with Gasteiger partial charge >= 0.3 is 5.97 Å². The highest BCUT2D eigenvalue weighted by molar-refractivity contribution is 6.35. The molecule has 0 spiro atoms. The number of ether oxygens (including phenoxy) is 1.